The summed E-state index contributed by atoms with van der Waals surface area (Å²) in [5, 5.41) is 3.33. The highest BCUT2D eigenvalue weighted by Crippen LogP contribution is 2.03. The molecule has 0 aliphatic carbocycles. The first kappa shape index (κ1) is 21.2. The minimum Gasteiger partial charge on any atom is -0.380 e. The highest BCUT2D eigenvalue weighted by molar-refractivity contribution is 14.0. The second kappa shape index (κ2) is 11.8. The zero-order valence-corrected chi connectivity index (χ0v) is 16.8. The molecule has 0 spiro atoms. The summed E-state index contributed by atoms with van der Waals surface area (Å²) in [6, 6.07) is 4.18. The Morgan fingerprint density at radius 1 is 1.41 bits per heavy atom. The van der Waals surface area contributed by atoms with Gasteiger partial charge in [0.05, 0.1) is 13.2 Å². The zero-order valence-electron chi connectivity index (χ0n) is 14.5. The lowest BCUT2D eigenvalue weighted by Gasteiger charge is -2.22. The van der Waals surface area contributed by atoms with Crippen LogP contribution in [0.4, 0.5) is 0 Å². The Morgan fingerprint density at radius 3 is 2.68 bits per heavy atom. The smallest absolute Gasteiger partial charge is 0.193 e. The van der Waals surface area contributed by atoms with Crippen molar-refractivity contribution < 1.29 is 4.74 Å². The first-order valence-corrected chi connectivity index (χ1v) is 7.64. The predicted molar refractivity (Wildman–Crippen MR) is 104 cm³/mol. The van der Waals surface area contributed by atoms with Crippen LogP contribution in [0.25, 0.3) is 0 Å². The number of aryl methyl sites for hydroxylation is 1. The minimum atomic E-state index is 0. The molecule has 1 aromatic heterocycles. The lowest BCUT2D eigenvalue weighted by Crippen LogP contribution is -2.40. The van der Waals surface area contributed by atoms with Gasteiger partial charge in [-0.1, -0.05) is 13.8 Å². The van der Waals surface area contributed by atoms with Crippen molar-refractivity contribution in [2.45, 2.75) is 26.8 Å². The summed E-state index contributed by atoms with van der Waals surface area (Å²) >= 11 is 0. The van der Waals surface area contributed by atoms with E-state index in [0.29, 0.717) is 12.5 Å². The molecule has 22 heavy (non-hydrogen) atoms. The zero-order chi connectivity index (χ0) is 15.7. The van der Waals surface area contributed by atoms with Gasteiger partial charge in [-0.15, -0.1) is 24.0 Å². The summed E-state index contributed by atoms with van der Waals surface area (Å²) in [7, 11) is 5.91. The van der Waals surface area contributed by atoms with Gasteiger partial charge in [0, 0.05) is 46.2 Å². The fourth-order valence-electron chi connectivity index (χ4n) is 2.02. The van der Waals surface area contributed by atoms with Crippen molar-refractivity contribution in [2.75, 3.05) is 33.9 Å². The number of ether oxygens (including phenoxy) is 1. The molecule has 0 saturated carbocycles. The molecule has 1 N–H and O–H groups in total. The van der Waals surface area contributed by atoms with E-state index in [2.05, 4.69) is 59.0 Å². The van der Waals surface area contributed by atoms with Crippen LogP contribution in [0, 0.1) is 5.92 Å². The van der Waals surface area contributed by atoms with Gasteiger partial charge in [-0.05, 0) is 24.5 Å². The molecule has 1 heterocycles. The SMILES string of the molecule is CN=C(NCCOCCC(C)C)N(C)Cc1cccn1C.I. The van der Waals surface area contributed by atoms with Gasteiger partial charge in [0.25, 0.3) is 0 Å². The molecular formula is C16H31IN4O. The minimum absolute atomic E-state index is 0. The topological polar surface area (TPSA) is 41.8 Å². The molecule has 0 unspecified atom stereocenters. The van der Waals surface area contributed by atoms with Gasteiger partial charge in [-0.3, -0.25) is 4.99 Å². The van der Waals surface area contributed by atoms with E-state index in [-0.39, 0.29) is 24.0 Å². The third kappa shape index (κ3) is 8.03. The van der Waals surface area contributed by atoms with Gasteiger partial charge in [-0.25, -0.2) is 0 Å². The summed E-state index contributed by atoms with van der Waals surface area (Å²) in [5.74, 6) is 1.59. The standard InChI is InChI=1S/C16H30N4O.HI/c1-14(2)8-11-21-12-9-18-16(17-3)20(5)13-15-7-6-10-19(15)4;/h6-7,10,14H,8-9,11-13H2,1-5H3,(H,17,18);1H. The van der Waals surface area contributed by atoms with E-state index in [1.54, 1.807) is 0 Å². The molecule has 0 atom stereocenters. The van der Waals surface area contributed by atoms with E-state index >= 15 is 0 Å². The van der Waals surface area contributed by atoms with Crippen LogP contribution in [0.15, 0.2) is 23.3 Å². The first-order chi connectivity index (χ1) is 10.0. The van der Waals surface area contributed by atoms with Crippen molar-refractivity contribution in [2.24, 2.45) is 18.0 Å². The lowest BCUT2D eigenvalue weighted by atomic mass is 10.1. The van der Waals surface area contributed by atoms with Crippen molar-refractivity contribution in [3.05, 3.63) is 24.0 Å². The number of aromatic nitrogens is 1. The highest BCUT2D eigenvalue weighted by Gasteiger charge is 2.07. The van der Waals surface area contributed by atoms with E-state index in [9.17, 15) is 0 Å². The van der Waals surface area contributed by atoms with Crippen LogP contribution in [0.5, 0.6) is 0 Å². The summed E-state index contributed by atoms with van der Waals surface area (Å²) in [6.45, 7) is 7.57. The molecule has 0 radical (unpaired) electrons. The molecule has 0 aliphatic rings. The predicted octanol–water partition coefficient (Wildman–Crippen LogP) is 2.71. The van der Waals surface area contributed by atoms with Crippen LogP contribution >= 0.6 is 24.0 Å². The Balaban J connectivity index is 0.00000441. The van der Waals surface area contributed by atoms with Crippen molar-refractivity contribution in [1.82, 2.24) is 14.8 Å². The monoisotopic (exact) mass is 422 g/mol. The molecule has 0 fully saturated rings. The van der Waals surface area contributed by atoms with Gasteiger partial charge >= 0.3 is 0 Å². The molecule has 6 heteroatoms. The fourth-order valence-corrected chi connectivity index (χ4v) is 2.02. The second-order valence-electron chi connectivity index (χ2n) is 5.74. The number of aliphatic imine (C=N–C) groups is 1. The molecule has 0 bridgehead atoms. The Bertz CT molecular complexity index is 432. The third-order valence-electron chi connectivity index (χ3n) is 3.39. The van der Waals surface area contributed by atoms with Crippen molar-refractivity contribution in [3.8, 4) is 0 Å². The summed E-state index contributed by atoms with van der Waals surface area (Å²) < 4.78 is 7.73. The van der Waals surface area contributed by atoms with E-state index in [1.165, 1.54) is 5.69 Å². The number of hydrogen-bond acceptors (Lipinski definition) is 2. The van der Waals surface area contributed by atoms with Crippen LogP contribution in [0.3, 0.4) is 0 Å². The Labute approximate surface area is 152 Å². The number of nitrogens with zero attached hydrogens (tertiary/aromatic N) is 3. The van der Waals surface area contributed by atoms with Crippen LogP contribution in [-0.2, 0) is 18.3 Å². The Kier molecular flexibility index (Phi) is 11.4. The second-order valence-corrected chi connectivity index (χ2v) is 5.74. The first-order valence-electron chi connectivity index (χ1n) is 7.64. The summed E-state index contributed by atoms with van der Waals surface area (Å²) in [4.78, 5) is 6.43. The van der Waals surface area contributed by atoms with Gasteiger partial charge in [0.2, 0.25) is 0 Å². The highest BCUT2D eigenvalue weighted by atomic mass is 127. The van der Waals surface area contributed by atoms with Gasteiger partial charge in [0.15, 0.2) is 5.96 Å². The van der Waals surface area contributed by atoms with Crippen LogP contribution in [0.1, 0.15) is 26.0 Å². The van der Waals surface area contributed by atoms with Crippen LogP contribution in [0.2, 0.25) is 0 Å². The van der Waals surface area contributed by atoms with E-state index in [4.69, 9.17) is 4.74 Å². The van der Waals surface area contributed by atoms with Crippen LogP contribution < -0.4 is 5.32 Å². The number of rotatable bonds is 8. The maximum absolute atomic E-state index is 5.60. The molecule has 0 saturated heterocycles. The third-order valence-corrected chi connectivity index (χ3v) is 3.39. The van der Waals surface area contributed by atoms with Crippen molar-refractivity contribution in [1.29, 1.82) is 0 Å². The average Bonchev–Trinajstić information content (AvgIpc) is 2.83. The number of halogens is 1. The van der Waals surface area contributed by atoms with Crippen molar-refractivity contribution >= 4 is 29.9 Å². The molecule has 128 valence electrons. The van der Waals surface area contributed by atoms with E-state index in [1.807, 2.05) is 14.1 Å². The molecule has 0 aliphatic heterocycles. The molecule has 0 aromatic carbocycles. The number of nitrogens with one attached hydrogen (secondary N) is 1. The molecule has 0 amide bonds. The number of hydrogen-bond donors (Lipinski definition) is 1. The fraction of sp³-hybridized carbons (Fsp3) is 0.688. The van der Waals surface area contributed by atoms with Gasteiger partial charge < -0.3 is 19.5 Å². The Morgan fingerprint density at radius 2 is 2.14 bits per heavy atom. The Hall–Kier alpha value is -0.760. The molecule has 5 nitrogen and oxygen atoms in total. The normalized spacial score (nSPS) is 11.5. The van der Waals surface area contributed by atoms with Crippen molar-refractivity contribution in [3.63, 3.8) is 0 Å². The number of guanidine groups is 1. The maximum atomic E-state index is 5.60. The summed E-state index contributed by atoms with van der Waals surface area (Å²) in [6.07, 6.45) is 3.17. The van der Waals surface area contributed by atoms with E-state index in [0.717, 1.165) is 32.1 Å². The quantitative estimate of drug-likeness (QED) is 0.303. The van der Waals surface area contributed by atoms with Crippen LogP contribution in [-0.4, -0.2) is 49.3 Å². The van der Waals surface area contributed by atoms with E-state index < -0.39 is 0 Å². The maximum Gasteiger partial charge on any atom is 0.193 e. The van der Waals surface area contributed by atoms with Gasteiger partial charge in [0.1, 0.15) is 0 Å². The molecule has 1 rings (SSSR count). The lowest BCUT2D eigenvalue weighted by molar-refractivity contribution is 0.127. The van der Waals surface area contributed by atoms with Gasteiger partial charge in [-0.2, -0.15) is 0 Å². The summed E-state index contributed by atoms with van der Waals surface area (Å²) in [5.41, 5.74) is 1.26. The molecular weight excluding hydrogens is 391 g/mol. The molecule has 1 aromatic rings. The average molecular weight is 422 g/mol. The largest absolute Gasteiger partial charge is 0.380 e.